The van der Waals surface area contributed by atoms with Crippen LogP contribution in [0, 0.1) is 0 Å². The van der Waals surface area contributed by atoms with Crippen molar-refractivity contribution in [2.75, 3.05) is 48.4 Å². The normalized spacial score (nSPS) is 15.8. The number of anilines is 2. The van der Waals surface area contributed by atoms with Crippen LogP contribution in [-0.4, -0.2) is 61.4 Å². The molecule has 0 aromatic heterocycles. The Hall–Kier alpha value is -4.94. The first kappa shape index (κ1) is 34.4. The lowest BCUT2D eigenvalue weighted by Crippen LogP contribution is -2.35. The lowest BCUT2D eigenvalue weighted by atomic mass is 10.2. The zero-order valence-electron chi connectivity index (χ0n) is 26.2. The third kappa shape index (κ3) is 10.0. The van der Waals surface area contributed by atoms with Gasteiger partial charge in [0.1, 0.15) is 11.5 Å². The summed E-state index contributed by atoms with van der Waals surface area (Å²) in [6.45, 7) is -0.284. The van der Waals surface area contributed by atoms with Crippen LogP contribution in [-0.2, 0) is 9.59 Å². The van der Waals surface area contributed by atoms with Gasteiger partial charge in [0, 0.05) is 22.9 Å². The van der Waals surface area contributed by atoms with E-state index in [-0.39, 0.29) is 60.7 Å². The fourth-order valence-electron chi connectivity index (χ4n) is 4.72. The Bertz CT molecular complexity index is 1620. The summed E-state index contributed by atoms with van der Waals surface area (Å²) in [5.74, 6) is 0.737. The van der Waals surface area contributed by atoms with Crippen LogP contribution in [0.2, 0.25) is 0 Å². The number of thioether (sulfide) groups is 2. The summed E-state index contributed by atoms with van der Waals surface area (Å²) in [6.07, 6.45) is 1.91. The van der Waals surface area contributed by atoms with E-state index in [0.717, 1.165) is 34.1 Å². The first-order chi connectivity index (χ1) is 23.5. The van der Waals surface area contributed by atoms with Gasteiger partial charge in [-0.05, 0) is 72.9 Å². The van der Waals surface area contributed by atoms with Gasteiger partial charge in [0.05, 0.1) is 22.5 Å². The van der Waals surface area contributed by atoms with Crippen molar-refractivity contribution in [3.8, 4) is 11.5 Å². The summed E-state index contributed by atoms with van der Waals surface area (Å²) in [6, 6.07) is 28.5. The van der Waals surface area contributed by atoms with Gasteiger partial charge in [-0.1, -0.05) is 48.5 Å². The monoisotopic (exact) mass is 684 g/mol. The van der Waals surface area contributed by atoms with Crippen molar-refractivity contribution in [3.05, 3.63) is 108 Å². The molecule has 0 radical (unpaired) electrons. The maximum atomic E-state index is 13.0. The van der Waals surface area contributed by atoms with Gasteiger partial charge < -0.3 is 30.7 Å². The van der Waals surface area contributed by atoms with E-state index < -0.39 is 11.8 Å². The van der Waals surface area contributed by atoms with Gasteiger partial charge in [0.15, 0.2) is 13.2 Å². The Balaban J connectivity index is 1.29. The van der Waals surface area contributed by atoms with Gasteiger partial charge >= 0.3 is 0 Å². The maximum absolute atomic E-state index is 13.0. The van der Waals surface area contributed by atoms with Crippen molar-refractivity contribution < 1.29 is 28.7 Å². The predicted octanol–water partition coefficient (Wildman–Crippen LogP) is 5.86. The minimum absolute atomic E-state index is 0.136. The molecule has 0 saturated carbocycles. The zero-order chi connectivity index (χ0) is 33.6. The first-order valence-electron chi connectivity index (χ1n) is 15.5. The second-order valence-corrected chi connectivity index (χ2v) is 12.8. The second-order valence-electron chi connectivity index (χ2n) is 10.6. The number of hydrogen-bond acceptors (Lipinski definition) is 8. The molecule has 10 nitrogen and oxygen atoms in total. The molecule has 4 aromatic rings. The van der Waals surface area contributed by atoms with Gasteiger partial charge in [-0.25, -0.2) is 0 Å². The van der Waals surface area contributed by atoms with Crippen LogP contribution in [0.15, 0.2) is 107 Å². The molecule has 12 heteroatoms. The molecule has 1 aliphatic heterocycles. The third-order valence-corrected chi connectivity index (χ3v) is 9.37. The van der Waals surface area contributed by atoms with Crippen molar-refractivity contribution in [2.45, 2.75) is 22.6 Å². The Kier molecular flexibility index (Phi) is 12.8. The molecule has 0 fully saturated rings. The van der Waals surface area contributed by atoms with E-state index >= 15 is 0 Å². The van der Waals surface area contributed by atoms with Crippen LogP contribution in [0.25, 0.3) is 0 Å². The highest BCUT2D eigenvalue weighted by Gasteiger charge is 2.17. The lowest BCUT2D eigenvalue weighted by molar-refractivity contribution is -0.118. The average Bonchev–Trinajstić information content (AvgIpc) is 3.10. The maximum Gasteiger partial charge on any atom is 0.262 e. The van der Waals surface area contributed by atoms with E-state index in [2.05, 4.69) is 21.3 Å². The summed E-state index contributed by atoms with van der Waals surface area (Å²) in [5, 5.41) is 11.4. The number of ether oxygens (including phenoxy) is 2. The van der Waals surface area contributed by atoms with Gasteiger partial charge in [-0.15, -0.1) is 23.5 Å². The Morgan fingerprint density at radius 1 is 0.500 bits per heavy atom. The molecule has 5 rings (SSSR count). The minimum atomic E-state index is -0.412. The van der Waals surface area contributed by atoms with E-state index in [1.807, 2.05) is 48.5 Å². The van der Waals surface area contributed by atoms with Crippen molar-refractivity contribution in [1.82, 2.24) is 10.6 Å². The predicted molar refractivity (Wildman–Crippen MR) is 189 cm³/mol. The number of benzene rings is 4. The van der Waals surface area contributed by atoms with E-state index in [0.29, 0.717) is 11.4 Å². The Morgan fingerprint density at radius 2 is 0.896 bits per heavy atom. The first-order valence-corrected chi connectivity index (χ1v) is 17.5. The third-order valence-electron chi connectivity index (χ3n) is 7.05. The topological polar surface area (TPSA) is 135 Å². The number of hydrogen-bond donors (Lipinski definition) is 4. The second kappa shape index (κ2) is 17.8. The highest BCUT2D eigenvalue weighted by Crippen LogP contribution is 2.30. The standard InChI is InChI=1S/C36H36N4O6S2/c41-33-23-45-29-15-5-1-11-25(29)35(43)37-19-20-38-36(44)26-12-2-6-16-30(26)46-24-34(42)40-28-14-4-8-18-32(28)48-22-10-9-21-47-31-17-7-3-13-27(31)39-33/h1-8,11-18H,9-10,19-24H2,(H,37,43)(H,38,44)(H,39,41)(H,40,42). The molecule has 48 heavy (non-hydrogen) atoms. The van der Waals surface area contributed by atoms with Crippen molar-refractivity contribution in [1.29, 1.82) is 0 Å². The van der Waals surface area contributed by atoms with Crippen LogP contribution in [0.3, 0.4) is 0 Å². The summed E-state index contributed by atoms with van der Waals surface area (Å²) >= 11 is 3.34. The van der Waals surface area contributed by atoms with Crippen LogP contribution in [0.5, 0.6) is 11.5 Å². The molecule has 1 heterocycles. The SMILES string of the molecule is O=C1COc2ccccc2C(=O)NCCNC(=O)c2ccccc2OCC(=O)Nc2ccccc2SCCCCSc2ccccc2N1. The quantitative estimate of drug-likeness (QED) is 0.181. The van der Waals surface area contributed by atoms with Crippen LogP contribution < -0.4 is 30.7 Å². The summed E-state index contributed by atoms with van der Waals surface area (Å²) < 4.78 is 11.5. The van der Waals surface area contributed by atoms with Crippen molar-refractivity contribution in [2.24, 2.45) is 0 Å². The fraction of sp³-hybridized carbons (Fsp3) is 0.222. The van der Waals surface area contributed by atoms with E-state index in [9.17, 15) is 19.2 Å². The molecule has 4 aromatic carbocycles. The van der Waals surface area contributed by atoms with Gasteiger partial charge in [-0.3, -0.25) is 19.2 Å². The summed E-state index contributed by atoms with van der Waals surface area (Å²) in [5.41, 5.74) is 1.92. The van der Waals surface area contributed by atoms with Crippen LogP contribution in [0.1, 0.15) is 33.6 Å². The molecule has 4 N–H and O–H groups in total. The summed E-state index contributed by atoms with van der Waals surface area (Å²) in [7, 11) is 0. The molecular weight excluding hydrogens is 649 g/mol. The largest absolute Gasteiger partial charge is 0.483 e. The smallest absolute Gasteiger partial charge is 0.262 e. The molecule has 248 valence electrons. The van der Waals surface area contributed by atoms with Gasteiger partial charge in [0.2, 0.25) is 0 Å². The Labute approximate surface area is 287 Å². The highest BCUT2D eigenvalue weighted by atomic mass is 32.2. The number of rotatable bonds is 0. The van der Waals surface area contributed by atoms with E-state index in [4.69, 9.17) is 9.47 Å². The van der Waals surface area contributed by atoms with Gasteiger partial charge in [0.25, 0.3) is 23.6 Å². The van der Waals surface area contributed by atoms with Crippen LogP contribution >= 0.6 is 23.5 Å². The molecule has 0 spiro atoms. The van der Waals surface area contributed by atoms with Crippen molar-refractivity contribution >= 4 is 58.5 Å². The molecule has 0 bridgehead atoms. The van der Waals surface area contributed by atoms with E-state index in [1.165, 1.54) is 0 Å². The Morgan fingerprint density at radius 3 is 1.35 bits per heavy atom. The number of carbonyl (C=O) groups is 4. The molecule has 0 atom stereocenters. The van der Waals surface area contributed by atoms with Crippen molar-refractivity contribution in [3.63, 3.8) is 0 Å². The molecule has 0 saturated heterocycles. The van der Waals surface area contributed by atoms with Crippen LogP contribution in [0.4, 0.5) is 11.4 Å². The fourth-order valence-corrected chi connectivity index (χ4v) is 6.76. The number of fused-ring (bicyclic) bond motifs is 4. The molecule has 1 aliphatic rings. The lowest BCUT2D eigenvalue weighted by Gasteiger charge is -2.14. The molecule has 4 amide bonds. The molecule has 0 aliphatic carbocycles. The number of amides is 4. The highest BCUT2D eigenvalue weighted by molar-refractivity contribution is 7.99. The molecular formula is C36H36N4O6S2. The number of carbonyl (C=O) groups excluding carboxylic acids is 4. The number of para-hydroxylation sites is 4. The number of nitrogens with one attached hydrogen (secondary N) is 4. The minimum Gasteiger partial charge on any atom is -0.483 e. The van der Waals surface area contributed by atoms with E-state index in [1.54, 1.807) is 72.1 Å². The van der Waals surface area contributed by atoms with Gasteiger partial charge in [-0.2, -0.15) is 0 Å². The zero-order valence-corrected chi connectivity index (χ0v) is 27.8. The summed E-state index contributed by atoms with van der Waals surface area (Å²) in [4.78, 5) is 53.6. The average molecular weight is 685 g/mol. The molecule has 0 unspecified atom stereocenters.